The molecule has 18 heavy (non-hydrogen) atoms. The van der Waals surface area contributed by atoms with Gasteiger partial charge >= 0.3 is 0 Å². The van der Waals surface area contributed by atoms with Crippen molar-refractivity contribution in [3.8, 4) is 0 Å². The SMILES string of the molecule is CC1(C)NC(=O)CN(c2cc(F)ccc2Br)C1=O. The maximum absolute atomic E-state index is 13.3. The number of piperazine rings is 1. The van der Waals surface area contributed by atoms with Gasteiger partial charge in [0.25, 0.3) is 5.91 Å². The van der Waals surface area contributed by atoms with Crippen LogP contribution in [0.4, 0.5) is 10.1 Å². The van der Waals surface area contributed by atoms with Gasteiger partial charge in [0, 0.05) is 4.47 Å². The van der Waals surface area contributed by atoms with Gasteiger partial charge in [0.1, 0.15) is 17.9 Å². The van der Waals surface area contributed by atoms with Crippen molar-refractivity contribution in [2.45, 2.75) is 19.4 Å². The Hall–Kier alpha value is -1.43. The topological polar surface area (TPSA) is 49.4 Å². The molecule has 4 nitrogen and oxygen atoms in total. The third-order valence-electron chi connectivity index (χ3n) is 2.73. The van der Waals surface area contributed by atoms with Crippen LogP contribution in [0.3, 0.4) is 0 Å². The number of carbonyl (C=O) groups is 2. The van der Waals surface area contributed by atoms with Crippen molar-refractivity contribution in [2.24, 2.45) is 0 Å². The summed E-state index contributed by atoms with van der Waals surface area (Å²) < 4.78 is 13.8. The minimum absolute atomic E-state index is 0.107. The molecule has 0 unspecified atom stereocenters. The van der Waals surface area contributed by atoms with E-state index in [4.69, 9.17) is 0 Å². The molecule has 2 rings (SSSR count). The van der Waals surface area contributed by atoms with Gasteiger partial charge < -0.3 is 5.32 Å². The number of amides is 2. The highest BCUT2D eigenvalue weighted by Gasteiger charge is 2.40. The van der Waals surface area contributed by atoms with Crippen molar-refractivity contribution in [3.05, 3.63) is 28.5 Å². The molecule has 0 aromatic heterocycles. The van der Waals surface area contributed by atoms with Crippen LogP contribution >= 0.6 is 15.9 Å². The lowest BCUT2D eigenvalue weighted by atomic mass is 10.00. The van der Waals surface area contributed by atoms with Gasteiger partial charge in [-0.15, -0.1) is 0 Å². The summed E-state index contributed by atoms with van der Waals surface area (Å²) in [6.07, 6.45) is 0. The molecule has 2 amide bonds. The molecule has 1 aromatic rings. The van der Waals surface area contributed by atoms with Crippen LogP contribution in [0, 0.1) is 5.82 Å². The number of anilines is 1. The zero-order chi connectivity index (χ0) is 13.5. The molecular weight excluding hydrogens is 303 g/mol. The van der Waals surface area contributed by atoms with Crippen molar-refractivity contribution in [3.63, 3.8) is 0 Å². The molecule has 1 saturated heterocycles. The average molecular weight is 315 g/mol. The van der Waals surface area contributed by atoms with Gasteiger partial charge in [-0.05, 0) is 48.0 Å². The Balaban J connectivity index is 2.46. The van der Waals surface area contributed by atoms with E-state index >= 15 is 0 Å². The summed E-state index contributed by atoms with van der Waals surface area (Å²) in [5, 5.41) is 2.60. The molecule has 0 saturated carbocycles. The highest BCUT2D eigenvalue weighted by molar-refractivity contribution is 9.10. The first-order chi connectivity index (χ1) is 8.31. The fourth-order valence-electron chi connectivity index (χ4n) is 1.88. The van der Waals surface area contributed by atoms with Crippen LogP contribution in [0.2, 0.25) is 0 Å². The first-order valence-electron chi connectivity index (χ1n) is 5.39. The summed E-state index contributed by atoms with van der Waals surface area (Å²) >= 11 is 3.26. The summed E-state index contributed by atoms with van der Waals surface area (Å²) in [5.74, 6) is -0.992. The molecule has 0 radical (unpaired) electrons. The zero-order valence-corrected chi connectivity index (χ0v) is 11.5. The summed E-state index contributed by atoms with van der Waals surface area (Å²) in [6.45, 7) is 3.13. The monoisotopic (exact) mass is 314 g/mol. The van der Waals surface area contributed by atoms with Gasteiger partial charge in [-0.1, -0.05) is 0 Å². The molecule has 1 N–H and O–H groups in total. The van der Waals surface area contributed by atoms with Crippen LogP contribution in [0.15, 0.2) is 22.7 Å². The van der Waals surface area contributed by atoms with E-state index < -0.39 is 11.4 Å². The van der Waals surface area contributed by atoms with Gasteiger partial charge in [-0.3, -0.25) is 14.5 Å². The molecule has 0 atom stereocenters. The third kappa shape index (κ3) is 2.25. The van der Waals surface area contributed by atoms with Crippen molar-refractivity contribution < 1.29 is 14.0 Å². The minimum atomic E-state index is -0.985. The van der Waals surface area contributed by atoms with E-state index in [0.717, 1.165) is 0 Å². The minimum Gasteiger partial charge on any atom is -0.341 e. The smallest absolute Gasteiger partial charge is 0.252 e. The summed E-state index contributed by atoms with van der Waals surface area (Å²) in [7, 11) is 0. The molecule has 1 aromatic carbocycles. The Morgan fingerprint density at radius 2 is 2.06 bits per heavy atom. The molecule has 1 aliphatic heterocycles. The summed E-state index contributed by atoms with van der Waals surface area (Å²) in [4.78, 5) is 25.1. The predicted octanol–water partition coefficient (Wildman–Crippen LogP) is 1.83. The maximum atomic E-state index is 13.3. The zero-order valence-electron chi connectivity index (χ0n) is 9.96. The number of hydrogen-bond acceptors (Lipinski definition) is 2. The average Bonchev–Trinajstić information content (AvgIpc) is 2.26. The van der Waals surface area contributed by atoms with Gasteiger partial charge in [-0.2, -0.15) is 0 Å². The van der Waals surface area contributed by atoms with E-state index in [2.05, 4.69) is 21.2 Å². The fourth-order valence-corrected chi connectivity index (χ4v) is 2.34. The van der Waals surface area contributed by atoms with Gasteiger partial charge in [0.2, 0.25) is 5.91 Å². The van der Waals surface area contributed by atoms with E-state index in [0.29, 0.717) is 10.2 Å². The molecule has 1 aliphatic rings. The standard InChI is InChI=1S/C12H12BrFN2O2/c1-12(2)11(18)16(6-10(17)15-12)9-5-7(14)3-4-8(9)13/h3-5H,6H2,1-2H3,(H,15,17). The summed E-state index contributed by atoms with van der Waals surface area (Å²) in [6, 6.07) is 4.03. The van der Waals surface area contributed by atoms with Crippen LogP contribution in [0.25, 0.3) is 0 Å². The van der Waals surface area contributed by atoms with Crippen LogP contribution in [0.5, 0.6) is 0 Å². The Morgan fingerprint density at radius 3 is 2.72 bits per heavy atom. The summed E-state index contributed by atoms with van der Waals surface area (Å²) in [5.41, 5.74) is -0.621. The second-order valence-corrected chi connectivity index (χ2v) is 5.51. The molecule has 6 heteroatoms. The molecule has 0 aliphatic carbocycles. The number of nitrogens with zero attached hydrogens (tertiary/aromatic N) is 1. The largest absolute Gasteiger partial charge is 0.341 e. The highest BCUT2D eigenvalue weighted by Crippen LogP contribution is 2.30. The lowest BCUT2D eigenvalue weighted by Gasteiger charge is -2.37. The van der Waals surface area contributed by atoms with E-state index in [-0.39, 0.29) is 18.4 Å². The van der Waals surface area contributed by atoms with E-state index in [1.165, 1.54) is 23.1 Å². The van der Waals surface area contributed by atoms with Crippen molar-refractivity contribution in [1.29, 1.82) is 0 Å². The van der Waals surface area contributed by atoms with Crippen LogP contribution in [-0.4, -0.2) is 23.9 Å². The Bertz CT molecular complexity index is 531. The first-order valence-corrected chi connectivity index (χ1v) is 6.18. The second-order valence-electron chi connectivity index (χ2n) is 4.66. The lowest BCUT2D eigenvalue weighted by Crippen LogP contribution is -2.64. The molecule has 1 heterocycles. The number of nitrogens with one attached hydrogen (secondary N) is 1. The predicted molar refractivity (Wildman–Crippen MR) is 68.7 cm³/mol. The van der Waals surface area contributed by atoms with Crippen molar-refractivity contribution in [2.75, 3.05) is 11.4 Å². The quantitative estimate of drug-likeness (QED) is 0.859. The maximum Gasteiger partial charge on any atom is 0.252 e. The molecule has 0 bridgehead atoms. The number of benzene rings is 1. The number of carbonyl (C=O) groups excluding carboxylic acids is 2. The van der Waals surface area contributed by atoms with E-state index in [1.807, 2.05) is 0 Å². The normalized spacial score (nSPS) is 18.8. The molecular formula is C12H12BrFN2O2. The Kier molecular flexibility index (Phi) is 3.14. The van der Waals surface area contributed by atoms with Crippen molar-refractivity contribution >= 4 is 33.4 Å². The van der Waals surface area contributed by atoms with Crippen LogP contribution < -0.4 is 10.2 Å². The Morgan fingerprint density at radius 1 is 1.39 bits per heavy atom. The van der Waals surface area contributed by atoms with Crippen LogP contribution in [0.1, 0.15) is 13.8 Å². The second kappa shape index (κ2) is 4.35. The van der Waals surface area contributed by atoms with Gasteiger partial charge in [-0.25, -0.2) is 4.39 Å². The molecule has 0 spiro atoms. The number of rotatable bonds is 1. The fraction of sp³-hybridized carbons (Fsp3) is 0.333. The first kappa shape index (κ1) is 13.0. The number of halogens is 2. The van der Waals surface area contributed by atoms with Crippen LogP contribution in [-0.2, 0) is 9.59 Å². The van der Waals surface area contributed by atoms with E-state index in [9.17, 15) is 14.0 Å². The highest BCUT2D eigenvalue weighted by atomic mass is 79.9. The molecule has 1 fully saturated rings. The Labute approximate surface area is 112 Å². The third-order valence-corrected chi connectivity index (χ3v) is 3.40. The molecule has 96 valence electrons. The van der Waals surface area contributed by atoms with Gasteiger partial charge in [0.05, 0.1) is 5.69 Å². The van der Waals surface area contributed by atoms with Gasteiger partial charge in [0.15, 0.2) is 0 Å². The van der Waals surface area contributed by atoms with Crippen molar-refractivity contribution in [1.82, 2.24) is 5.32 Å². The lowest BCUT2D eigenvalue weighted by molar-refractivity contribution is -0.134. The number of hydrogen-bond donors (Lipinski definition) is 1. The van der Waals surface area contributed by atoms with E-state index in [1.54, 1.807) is 13.8 Å².